The maximum atomic E-state index is 14.9. The number of nitrogens with zero attached hydrogens (tertiary/aromatic N) is 19. The summed E-state index contributed by atoms with van der Waals surface area (Å²) >= 11 is 0. The van der Waals surface area contributed by atoms with Gasteiger partial charge in [-0.25, -0.2) is 34.3 Å². The zero-order valence-corrected chi connectivity index (χ0v) is 59.1. The topological polar surface area (TPSA) is 334 Å². The van der Waals surface area contributed by atoms with Crippen LogP contribution in [0, 0.1) is 5.82 Å². The van der Waals surface area contributed by atoms with Crippen LogP contribution in [0.2, 0.25) is 0 Å². The third-order valence-corrected chi connectivity index (χ3v) is 16.5. The van der Waals surface area contributed by atoms with E-state index < -0.39 is 5.82 Å². The van der Waals surface area contributed by atoms with Crippen molar-refractivity contribution in [1.29, 1.82) is 0 Å². The largest absolute Gasteiger partial charge is 0.359 e. The second-order valence-electron chi connectivity index (χ2n) is 28.0. The number of halogens is 1. The highest BCUT2D eigenvalue weighted by atomic mass is 19.1. The van der Waals surface area contributed by atoms with Gasteiger partial charge in [-0.1, -0.05) is 120 Å². The molecule has 13 heterocycles. The van der Waals surface area contributed by atoms with Crippen LogP contribution in [0.3, 0.4) is 0 Å². The minimum absolute atomic E-state index is 0.132. The summed E-state index contributed by atoms with van der Waals surface area (Å²) in [6.45, 7) is 18.1. The zero-order valence-electron chi connectivity index (χ0n) is 59.1. The van der Waals surface area contributed by atoms with E-state index in [9.17, 15) is 18.8 Å². The molecule has 0 bridgehead atoms. The number of fused-ring (bicyclic) bond motifs is 3. The van der Waals surface area contributed by atoms with E-state index in [-0.39, 0.29) is 58.8 Å². The third kappa shape index (κ3) is 16.0. The molecule has 30 heteroatoms. The van der Waals surface area contributed by atoms with Gasteiger partial charge in [0.15, 0.2) is 23.1 Å². The highest BCUT2D eigenvalue weighted by Gasteiger charge is 2.25. The lowest BCUT2D eigenvalue weighted by molar-refractivity contribution is -0.116. The molecule has 13 aromatic heterocycles. The smallest absolute Gasteiger partial charge is 0.230 e. The lowest BCUT2D eigenvalue weighted by atomic mass is 9.93. The van der Waals surface area contributed by atoms with Gasteiger partial charge < -0.3 is 34.8 Å². The maximum absolute atomic E-state index is 14.9. The Balaban J connectivity index is 0.000000139. The van der Waals surface area contributed by atoms with E-state index >= 15 is 0 Å². The number of hydrogen-bond donors (Lipinski definition) is 4. The molecule has 0 aliphatic rings. The van der Waals surface area contributed by atoms with Crippen LogP contribution in [0.15, 0.2) is 186 Å². The van der Waals surface area contributed by atoms with Gasteiger partial charge in [0.2, 0.25) is 17.7 Å². The van der Waals surface area contributed by atoms with Crippen LogP contribution in [0.25, 0.3) is 73.4 Å². The summed E-state index contributed by atoms with van der Waals surface area (Å²) in [5.74, 6) is 2.01. The van der Waals surface area contributed by atoms with Gasteiger partial charge in [-0.05, 0) is 28.8 Å². The Bertz CT molecular complexity index is 5590. The molecule has 3 amide bonds. The number of benzene rings is 2. The minimum Gasteiger partial charge on any atom is -0.359 e. The summed E-state index contributed by atoms with van der Waals surface area (Å²) < 4.78 is 41.6. The quantitative estimate of drug-likeness (QED) is 0.0698. The molecule has 528 valence electrons. The van der Waals surface area contributed by atoms with Crippen molar-refractivity contribution < 1.29 is 32.3 Å². The first kappa shape index (κ1) is 69.3. The summed E-state index contributed by atoms with van der Waals surface area (Å²) in [4.78, 5) is 68.8. The van der Waals surface area contributed by atoms with E-state index in [1.165, 1.54) is 6.07 Å². The van der Waals surface area contributed by atoms with Gasteiger partial charge in [0, 0.05) is 115 Å². The van der Waals surface area contributed by atoms with Crippen LogP contribution >= 0.6 is 0 Å². The van der Waals surface area contributed by atoms with E-state index in [2.05, 4.69) is 86.9 Å². The van der Waals surface area contributed by atoms with Crippen molar-refractivity contribution in [3.63, 3.8) is 0 Å². The van der Waals surface area contributed by atoms with Crippen LogP contribution in [-0.4, -0.2) is 111 Å². The second kappa shape index (κ2) is 28.5. The van der Waals surface area contributed by atoms with E-state index in [4.69, 9.17) is 13.6 Å². The molecule has 0 spiro atoms. The molecule has 0 radical (unpaired) electrons. The standard InChI is InChI=1S/C25H24FN7O2.C25H26N8O2.C24H24N8O2/c1-25(2,3)21-10-22(31-35-21)30-24(34)8-15-5-6-16(7-18(15)26)20-12-27-23-9-19(28-14-33(20)23)17-11-29-32(4)13-17;1-25(2,3)21-10-22(31-35-21)30-23(34)9-16-5-7-17(8-6-16)20-13-27-24-19(12-26-15-33(20)24)29-18-11-28-32(4)14-18;1-24(2,3)20-9-21(30-34-20)29-23(33)7-15-5-6-17(25-10-15)19-12-26-22-8-18(27-14-32(19)22)16-11-28-31(4)13-16/h5-7,9-14H,8H2,1-4H3,(H,30,31,34);5-8,10-15,29H,9H2,1-4H3,(H,30,31,34);5-6,8-14H,7H2,1-4H3,(H,29,30,33). The first-order valence-electron chi connectivity index (χ1n) is 33.1. The van der Waals surface area contributed by atoms with Gasteiger partial charge in [-0.3, -0.25) is 46.6 Å². The predicted molar refractivity (Wildman–Crippen MR) is 387 cm³/mol. The number of nitrogens with one attached hydrogen (secondary N) is 4. The second-order valence-corrected chi connectivity index (χ2v) is 28.0. The Morgan fingerprint density at radius 2 is 0.913 bits per heavy atom. The number of imidazole rings is 3. The molecule has 4 N–H and O–H groups in total. The fourth-order valence-corrected chi connectivity index (χ4v) is 10.9. The van der Waals surface area contributed by atoms with Crippen molar-refractivity contribution in [2.75, 3.05) is 21.3 Å². The van der Waals surface area contributed by atoms with Crippen LogP contribution in [-0.2, 0) is 71.0 Å². The monoisotopic (exact) mass is 1400 g/mol. The number of amides is 3. The molecule has 0 atom stereocenters. The molecule has 0 aliphatic carbocycles. The van der Waals surface area contributed by atoms with Crippen molar-refractivity contribution in [2.24, 2.45) is 21.1 Å². The average Bonchev–Trinajstić information content (AvgIpc) is 1.63. The molecule has 0 saturated heterocycles. The van der Waals surface area contributed by atoms with Gasteiger partial charge in [0.25, 0.3) is 0 Å². The molecule has 15 rings (SSSR count). The Labute approximate surface area is 594 Å². The summed E-state index contributed by atoms with van der Waals surface area (Å²) in [5, 5.41) is 35.8. The molecule has 2 aromatic carbocycles. The number of hydrogen-bond acceptors (Lipinski definition) is 20. The molecule has 0 aliphatic heterocycles. The fraction of sp³-hybridized carbons (Fsp3) is 0.243. The SMILES string of the molecule is Cn1cc(-c2cc3ncc(-c4ccc(CC(=O)Nc5cc(C(C)(C)C)on5)c(F)c4)n3cn2)cn1.Cn1cc(-c2cc3ncc(-c4ccc(CC(=O)Nc5cc(C(C)(C)C)on5)cn4)n3cn2)cn1.Cn1cc(Nc2cncn3c(-c4ccc(CC(=O)Nc5cc(C(C)(C)C)on5)cc4)cnc23)cn1. The van der Waals surface area contributed by atoms with Crippen molar-refractivity contribution in [3.05, 3.63) is 212 Å². The van der Waals surface area contributed by atoms with Gasteiger partial charge in [0.1, 0.15) is 59.1 Å². The van der Waals surface area contributed by atoms with Crippen LogP contribution < -0.4 is 21.3 Å². The zero-order chi connectivity index (χ0) is 73.2. The van der Waals surface area contributed by atoms with Gasteiger partial charge in [-0.15, -0.1) is 0 Å². The van der Waals surface area contributed by atoms with Crippen molar-refractivity contribution >= 4 is 63.5 Å². The number of rotatable bonds is 16. The van der Waals surface area contributed by atoms with Gasteiger partial charge in [-0.2, -0.15) is 15.3 Å². The Morgan fingerprint density at radius 3 is 1.40 bits per heavy atom. The number of carbonyl (C=O) groups excluding carboxylic acids is 3. The van der Waals surface area contributed by atoms with Crippen LogP contribution in [0.5, 0.6) is 0 Å². The fourth-order valence-electron chi connectivity index (χ4n) is 10.9. The van der Waals surface area contributed by atoms with Gasteiger partial charge >= 0.3 is 0 Å². The number of pyridine rings is 1. The van der Waals surface area contributed by atoms with Gasteiger partial charge in [0.05, 0.1) is 102 Å². The summed E-state index contributed by atoms with van der Waals surface area (Å²) in [7, 11) is 5.57. The number of anilines is 5. The number of aromatic nitrogens is 19. The highest BCUT2D eigenvalue weighted by Crippen LogP contribution is 2.32. The van der Waals surface area contributed by atoms with Crippen molar-refractivity contribution in [2.45, 2.75) is 97.8 Å². The Kier molecular flexibility index (Phi) is 19.0. The Morgan fingerprint density at radius 1 is 0.433 bits per heavy atom. The van der Waals surface area contributed by atoms with E-state index in [0.717, 1.165) is 84.7 Å². The lowest BCUT2D eigenvalue weighted by Gasteiger charge is -2.12. The summed E-state index contributed by atoms with van der Waals surface area (Å²) in [6.07, 6.45) is 25.0. The molecule has 104 heavy (non-hydrogen) atoms. The minimum atomic E-state index is -0.483. The van der Waals surface area contributed by atoms with Crippen molar-refractivity contribution in [3.8, 4) is 56.4 Å². The molecule has 0 fully saturated rings. The number of aryl methyl sites for hydroxylation is 3. The first-order chi connectivity index (χ1) is 49.7. The van der Waals surface area contributed by atoms with Crippen LogP contribution in [0.4, 0.5) is 33.2 Å². The van der Waals surface area contributed by atoms with Crippen LogP contribution in [0.1, 0.15) is 96.3 Å². The Hall–Kier alpha value is -13.2. The summed E-state index contributed by atoms with van der Waals surface area (Å²) in [5.41, 5.74) is 13.3. The van der Waals surface area contributed by atoms with E-state index in [1.807, 2.05) is 166 Å². The number of carbonyl (C=O) groups is 3. The predicted octanol–water partition coefficient (Wildman–Crippen LogP) is 12.4. The molecule has 0 unspecified atom stereocenters. The molecular weight excluding hydrogens is 1330 g/mol. The molecular formula is C74H74FN23O6. The maximum Gasteiger partial charge on any atom is 0.230 e. The molecule has 15 aromatic rings. The molecule has 29 nitrogen and oxygen atoms in total. The normalized spacial score (nSPS) is 11.7. The lowest BCUT2D eigenvalue weighted by Crippen LogP contribution is -2.15. The van der Waals surface area contributed by atoms with Crippen molar-refractivity contribution in [1.82, 2.24) is 92.9 Å². The van der Waals surface area contributed by atoms with E-state index in [0.29, 0.717) is 45.9 Å². The highest BCUT2D eigenvalue weighted by molar-refractivity contribution is 5.93. The first-order valence-corrected chi connectivity index (χ1v) is 33.1. The molecule has 0 saturated carbocycles. The van der Waals surface area contributed by atoms with E-state index in [1.54, 1.807) is 111 Å². The third-order valence-electron chi connectivity index (χ3n) is 16.5. The average molecular weight is 1400 g/mol. The summed E-state index contributed by atoms with van der Waals surface area (Å²) in [6, 6.07) is 25.3.